The molecule has 0 spiro atoms. The van der Waals surface area contributed by atoms with E-state index in [4.69, 9.17) is 4.52 Å². The average molecular weight is 318 g/mol. The van der Waals surface area contributed by atoms with Crippen molar-refractivity contribution in [3.05, 3.63) is 72.2 Å². The number of nitrogens with one attached hydrogen (secondary N) is 2. The zero-order valence-corrected chi connectivity index (χ0v) is 12.7. The summed E-state index contributed by atoms with van der Waals surface area (Å²) in [4.78, 5) is 19.5. The summed E-state index contributed by atoms with van der Waals surface area (Å²) in [5.74, 6) is 0.418. The Kier molecular flexibility index (Phi) is 3.55. The van der Waals surface area contributed by atoms with E-state index >= 15 is 0 Å². The molecule has 4 aromatic rings. The van der Waals surface area contributed by atoms with E-state index in [9.17, 15) is 4.79 Å². The number of pyridine rings is 1. The van der Waals surface area contributed by atoms with Gasteiger partial charge in [-0.2, -0.15) is 0 Å². The highest BCUT2D eigenvalue weighted by Crippen LogP contribution is 2.19. The summed E-state index contributed by atoms with van der Waals surface area (Å²) in [5.41, 5.74) is 2.65. The van der Waals surface area contributed by atoms with Gasteiger partial charge in [0.1, 0.15) is 17.0 Å². The van der Waals surface area contributed by atoms with Gasteiger partial charge in [0.15, 0.2) is 5.76 Å². The van der Waals surface area contributed by atoms with Crippen LogP contribution in [0.3, 0.4) is 0 Å². The highest BCUT2D eigenvalue weighted by molar-refractivity contribution is 5.94. The van der Waals surface area contributed by atoms with Gasteiger partial charge in [0, 0.05) is 23.2 Å². The smallest absolute Gasteiger partial charge is 0.270 e. The number of carbonyl (C=O) groups excluding carboxylic acids is 1. The van der Waals surface area contributed by atoms with Crippen LogP contribution in [0.1, 0.15) is 16.2 Å². The van der Waals surface area contributed by atoms with Crippen LogP contribution in [0.2, 0.25) is 0 Å². The molecule has 1 amide bonds. The number of rotatable bonds is 4. The van der Waals surface area contributed by atoms with Gasteiger partial charge in [0.05, 0.1) is 6.54 Å². The van der Waals surface area contributed by atoms with Crippen LogP contribution in [-0.4, -0.2) is 21.0 Å². The zero-order valence-electron chi connectivity index (χ0n) is 12.7. The molecule has 2 N–H and O–H groups in total. The van der Waals surface area contributed by atoms with Crippen molar-refractivity contribution in [2.24, 2.45) is 0 Å². The van der Waals surface area contributed by atoms with E-state index in [1.165, 1.54) is 0 Å². The third kappa shape index (κ3) is 2.77. The molecule has 0 aliphatic rings. The fourth-order valence-corrected chi connectivity index (χ4v) is 2.45. The Morgan fingerprint density at radius 3 is 2.88 bits per heavy atom. The minimum Gasteiger partial charge on any atom is -0.356 e. The maximum absolute atomic E-state index is 12.2. The lowest BCUT2D eigenvalue weighted by atomic mass is 10.1. The van der Waals surface area contributed by atoms with Gasteiger partial charge in [-0.05, 0) is 18.2 Å². The second-order valence-electron chi connectivity index (χ2n) is 5.34. The van der Waals surface area contributed by atoms with Gasteiger partial charge in [0.2, 0.25) is 0 Å². The maximum atomic E-state index is 12.2. The highest BCUT2D eigenvalue weighted by atomic mass is 16.5. The van der Waals surface area contributed by atoms with Crippen LogP contribution >= 0.6 is 0 Å². The minimum absolute atomic E-state index is 0.254. The Morgan fingerprint density at radius 1 is 1.12 bits per heavy atom. The summed E-state index contributed by atoms with van der Waals surface area (Å²) in [6.07, 6.45) is 1.79. The van der Waals surface area contributed by atoms with Gasteiger partial charge in [0.25, 0.3) is 5.91 Å². The van der Waals surface area contributed by atoms with Crippen molar-refractivity contribution >= 4 is 16.9 Å². The second-order valence-corrected chi connectivity index (χ2v) is 5.34. The van der Waals surface area contributed by atoms with E-state index in [1.54, 1.807) is 12.3 Å². The average Bonchev–Trinajstić information content (AvgIpc) is 3.29. The summed E-state index contributed by atoms with van der Waals surface area (Å²) in [6.45, 7) is 0.277. The highest BCUT2D eigenvalue weighted by Gasteiger charge is 2.11. The number of H-pyrrole nitrogens is 1. The maximum Gasteiger partial charge on any atom is 0.270 e. The van der Waals surface area contributed by atoms with Crippen LogP contribution in [0.25, 0.3) is 22.4 Å². The van der Waals surface area contributed by atoms with Crippen molar-refractivity contribution in [3.63, 3.8) is 0 Å². The van der Waals surface area contributed by atoms with Gasteiger partial charge in [-0.1, -0.05) is 35.5 Å². The number of benzene rings is 1. The molecule has 0 unspecified atom stereocenters. The molecular weight excluding hydrogens is 304 g/mol. The molecule has 1 aromatic carbocycles. The molecule has 6 nitrogen and oxygen atoms in total. The summed E-state index contributed by atoms with van der Waals surface area (Å²) in [5, 5.41) is 7.75. The predicted octanol–water partition coefficient (Wildman–Crippen LogP) is 3.15. The van der Waals surface area contributed by atoms with Crippen LogP contribution in [0.4, 0.5) is 0 Å². The number of hydrogen-bond donors (Lipinski definition) is 2. The Balaban J connectivity index is 1.45. The van der Waals surface area contributed by atoms with Crippen molar-refractivity contribution in [3.8, 4) is 11.3 Å². The molecule has 6 heteroatoms. The Morgan fingerprint density at radius 2 is 2.00 bits per heavy atom. The van der Waals surface area contributed by atoms with E-state index in [0.29, 0.717) is 22.8 Å². The van der Waals surface area contributed by atoms with Gasteiger partial charge < -0.3 is 14.8 Å². The molecule has 118 valence electrons. The molecular formula is C18H14N4O2. The molecule has 3 heterocycles. The summed E-state index contributed by atoms with van der Waals surface area (Å²) in [7, 11) is 0. The van der Waals surface area contributed by atoms with Crippen LogP contribution in [-0.2, 0) is 6.54 Å². The molecule has 0 atom stereocenters. The van der Waals surface area contributed by atoms with Crippen molar-refractivity contribution in [1.29, 1.82) is 0 Å². The first-order valence-corrected chi connectivity index (χ1v) is 7.53. The van der Waals surface area contributed by atoms with Crippen molar-refractivity contribution < 1.29 is 9.32 Å². The Hall–Kier alpha value is -3.41. The number of aromatic nitrogens is 3. The molecule has 24 heavy (non-hydrogen) atoms. The van der Waals surface area contributed by atoms with E-state index < -0.39 is 0 Å². The van der Waals surface area contributed by atoms with E-state index in [1.807, 2.05) is 48.5 Å². The van der Waals surface area contributed by atoms with E-state index in [-0.39, 0.29) is 12.5 Å². The first-order chi connectivity index (χ1) is 11.8. The molecule has 3 aromatic heterocycles. The number of carbonyl (C=O) groups is 1. The Bertz CT molecular complexity index is 988. The number of fused-ring (bicyclic) bond motifs is 1. The standard InChI is InChI=1S/C18H14N4O2/c23-18(15-7-6-13-8-9-19-17(13)21-15)20-11-14-10-16(24-22-14)12-4-2-1-3-5-12/h1-10H,11H2,(H,19,21)(H,20,23). The van der Waals surface area contributed by atoms with Gasteiger partial charge in [-0.3, -0.25) is 4.79 Å². The molecule has 0 bridgehead atoms. The van der Waals surface area contributed by atoms with Gasteiger partial charge >= 0.3 is 0 Å². The molecule has 0 radical (unpaired) electrons. The zero-order chi connectivity index (χ0) is 16.4. The topological polar surface area (TPSA) is 83.8 Å². The van der Waals surface area contributed by atoms with Crippen LogP contribution < -0.4 is 5.32 Å². The Labute approximate surface area is 137 Å². The second kappa shape index (κ2) is 6.00. The monoisotopic (exact) mass is 318 g/mol. The number of hydrogen-bond acceptors (Lipinski definition) is 4. The van der Waals surface area contributed by atoms with Crippen LogP contribution in [0, 0.1) is 0 Å². The predicted molar refractivity (Wildman–Crippen MR) is 89.2 cm³/mol. The lowest BCUT2D eigenvalue weighted by molar-refractivity contribution is 0.0945. The normalized spacial score (nSPS) is 10.8. The van der Waals surface area contributed by atoms with Crippen molar-refractivity contribution in [2.45, 2.75) is 6.54 Å². The summed E-state index contributed by atoms with van der Waals surface area (Å²) in [6, 6.07) is 17.0. The van der Waals surface area contributed by atoms with E-state index in [0.717, 1.165) is 10.9 Å². The minimum atomic E-state index is -0.254. The SMILES string of the molecule is O=C(NCc1cc(-c2ccccc2)on1)c1ccc2cc[nH]c2n1. The van der Waals surface area contributed by atoms with Gasteiger partial charge in [-0.25, -0.2) is 4.98 Å². The van der Waals surface area contributed by atoms with Crippen LogP contribution in [0.15, 0.2) is 65.3 Å². The van der Waals surface area contributed by atoms with Crippen molar-refractivity contribution in [1.82, 2.24) is 20.4 Å². The number of aromatic amines is 1. The molecule has 4 rings (SSSR count). The third-order valence-corrected chi connectivity index (χ3v) is 3.69. The number of amides is 1. The summed E-state index contributed by atoms with van der Waals surface area (Å²) < 4.78 is 5.31. The first-order valence-electron chi connectivity index (χ1n) is 7.53. The van der Waals surface area contributed by atoms with Crippen LogP contribution in [0.5, 0.6) is 0 Å². The quantitative estimate of drug-likeness (QED) is 0.605. The fraction of sp³-hybridized carbons (Fsp3) is 0.0556. The van der Waals surface area contributed by atoms with Gasteiger partial charge in [-0.15, -0.1) is 0 Å². The molecule has 0 saturated heterocycles. The molecule has 0 aliphatic heterocycles. The lowest BCUT2D eigenvalue weighted by Gasteiger charge is -2.02. The third-order valence-electron chi connectivity index (χ3n) is 3.69. The molecule has 0 saturated carbocycles. The fourth-order valence-electron chi connectivity index (χ4n) is 2.45. The largest absolute Gasteiger partial charge is 0.356 e. The lowest BCUT2D eigenvalue weighted by Crippen LogP contribution is -2.23. The number of nitrogens with zero attached hydrogens (tertiary/aromatic N) is 2. The van der Waals surface area contributed by atoms with Crippen molar-refractivity contribution in [2.75, 3.05) is 0 Å². The first kappa shape index (κ1) is 14.2. The van der Waals surface area contributed by atoms with E-state index in [2.05, 4.69) is 20.4 Å². The molecule has 0 aliphatic carbocycles. The summed E-state index contributed by atoms with van der Waals surface area (Å²) >= 11 is 0. The molecule has 0 fully saturated rings.